The van der Waals surface area contributed by atoms with E-state index in [2.05, 4.69) is 97.0 Å². The van der Waals surface area contributed by atoms with Crippen LogP contribution >= 0.6 is 0 Å². The van der Waals surface area contributed by atoms with Crippen molar-refractivity contribution in [3.05, 3.63) is 78.5 Å². The van der Waals surface area contributed by atoms with Gasteiger partial charge in [0.25, 0.3) is 0 Å². The summed E-state index contributed by atoms with van der Waals surface area (Å²) in [5.41, 5.74) is 8.24. The van der Waals surface area contributed by atoms with E-state index in [1.807, 2.05) is 6.49 Å². The number of hydrogen-bond donors (Lipinski definition) is 0. The van der Waals surface area contributed by atoms with Gasteiger partial charge in [0, 0.05) is 0 Å². The van der Waals surface area contributed by atoms with Gasteiger partial charge in [0.05, 0.1) is 0 Å². The maximum atomic E-state index is 2.64. The van der Waals surface area contributed by atoms with Crippen LogP contribution in [0.2, 0.25) is 0 Å². The fraction of sp³-hybridized carbons (Fsp3) is 0.500. The fourth-order valence-corrected chi connectivity index (χ4v) is 12.3. The van der Waals surface area contributed by atoms with Gasteiger partial charge in [-0.15, -0.1) is 0 Å². The molecule has 0 aliphatic heterocycles. The van der Waals surface area contributed by atoms with E-state index < -0.39 is 22.8 Å². The predicted octanol–water partition coefficient (Wildman–Crippen LogP) is 7.67. The van der Waals surface area contributed by atoms with Crippen LogP contribution < -0.4 is 10.4 Å². The standard InChI is InChI=1S/C28H33.C6H10.Zr/c1-8-28(27(5,6)7)18-21-15-20-16-22(26(2,3)4)13-14-23(20)24(21)17-25(28)19-11-9-10-12-19;1-2-4-6-5-3-1;/h9-11,13-17H,8,12H2,1-7H3;1-5H2;. The van der Waals surface area contributed by atoms with Crippen LogP contribution in [0.25, 0.3) is 11.6 Å². The van der Waals surface area contributed by atoms with Crippen LogP contribution in [0, 0.1) is 10.8 Å². The third-order valence-corrected chi connectivity index (χ3v) is 13.4. The molecule has 1 aromatic carbocycles. The first-order valence-electron chi connectivity index (χ1n) is 13.9. The third kappa shape index (κ3) is 4.29. The zero-order valence-electron chi connectivity index (χ0n) is 23.1. The Morgan fingerprint density at radius 1 is 0.914 bits per heavy atom. The molecule has 0 aromatic heterocycles. The van der Waals surface area contributed by atoms with Crippen molar-refractivity contribution in [2.45, 2.75) is 98.8 Å². The van der Waals surface area contributed by atoms with E-state index in [9.17, 15) is 0 Å². The van der Waals surface area contributed by atoms with Crippen LogP contribution in [0.4, 0.5) is 0 Å². The molecule has 0 saturated heterocycles. The van der Waals surface area contributed by atoms with Crippen LogP contribution in [0.3, 0.4) is 0 Å². The van der Waals surface area contributed by atoms with Crippen molar-refractivity contribution < 1.29 is 22.8 Å². The van der Waals surface area contributed by atoms with Gasteiger partial charge in [-0.2, -0.15) is 0 Å². The van der Waals surface area contributed by atoms with E-state index in [0.717, 1.165) is 6.42 Å². The normalized spacial score (nSPS) is 24.1. The summed E-state index contributed by atoms with van der Waals surface area (Å²) in [5, 5.41) is 2.91. The second-order valence-corrected chi connectivity index (χ2v) is 16.7. The molecule has 1 aromatic rings. The third-order valence-electron chi connectivity index (χ3n) is 8.93. The average molecular weight is 543 g/mol. The van der Waals surface area contributed by atoms with Crippen molar-refractivity contribution in [2.75, 3.05) is 0 Å². The van der Waals surface area contributed by atoms with Crippen LogP contribution in [0.5, 0.6) is 0 Å². The van der Waals surface area contributed by atoms with Crippen LogP contribution in [-0.4, -0.2) is 3.21 Å². The van der Waals surface area contributed by atoms with Crippen molar-refractivity contribution in [3.8, 4) is 0 Å². The Kier molecular flexibility index (Phi) is 6.66. The molecular formula is C34H43Zr. The number of allylic oxidation sites excluding steroid dienone is 8. The van der Waals surface area contributed by atoms with E-state index in [-0.39, 0.29) is 16.2 Å². The van der Waals surface area contributed by atoms with Crippen LogP contribution in [0.15, 0.2) is 62.5 Å². The molecule has 4 aliphatic rings. The van der Waals surface area contributed by atoms with Crippen molar-refractivity contribution in [1.29, 1.82) is 0 Å². The van der Waals surface area contributed by atoms with Gasteiger partial charge in [-0.1, -0.05) is 0 Å². The summed E-state index contributed by atoms with van der Waals surface area (Å²) in [4.78, 5) is 0. The van der Waals surface area contributed by atoms with Crippen molar-refractivity contribution in [1.82, 2.24) is 0 Å². The van der Waals surface area contributed by atoms with E-state index in [1.165, 1.54) is 60.1 Å². The van der Waals surface area contributed by atoms with Gasteiger partial charge >= 0.3 is 226 Å². The number of fused-ring (bicyclic) bond motifs is 2. The minimum absolute atomic E-state index is 0.131. The molecule has 0 N–H and O–H groups in total. The Bertz CT molecular complexity index is 1320. The van der Waals surface area contributed by atoms with Crippen molar-refractivity contribution >= 4 is 14.9 Å². The molecule has 35 heavy (non-hydrogen) atoms. The second kappa shape index (κ2) is 9.20. The van der Waals surface area contributed by atoms with Gasteiger partial charge < -0.3 is 0 Å². The molecule has 1 unspecified atom stereocenters. The Labute approximate surface area is 224 Å². The molecule has 1 atom stereocenters. The number of rotatable bonds is 3. The summed E-state index contributed by atoms with van der Waals surface area (Å²) in [6.07, 6.45) is 21.6. The summed E-state index contributed by atoms with van der Waals surface area (Å²) < 4.78 is 3.84. The minimum atomic E-state index is -0.852. The molecule has 0 nitrogen and oxygen atoms in total. The van der Waals surface area contributed by atoms with Gasteiger partial charge in [0.15, 0.2) is 0 Å². The zero-order valence-corrected chi connectivity index (χ0v) is 25.5. The summed E-state index contributed by atoms with van der Waals surface area (Å²) in [6, 6.07) is 7.29. The van der Waals surface area contributed by atoms with E-state index in [0.29, 0.717) is 0 Å². The average Bonchev–Trinajstić information content (AvgIpc) is 3.46. The summed E-state index contributed by atoms with van der Waals surface area (Å²) in [6.45, 7) is 17.0. The fourth-order valence-electron chi connectivity index (χ4n) is 6.91. The predicted molar refractivity (Wildman–Crippen MR) is 149 cm³/mol. The summed E-state index contributed by atoms with van der Waals surface area (Å²) >= 11 is -0.852. The Morgan fingerprint density at radius 2 is 1.66 bits per heavy atom. The molecule has 0 radical (unpaired) electrons. The maximum absolute atomic E-state index is 2.64. The van der Waals surface area contributed by atoms with Gasteiger partial charge in [0.2, 0.25) is 0 Å². The molecule has 1 saturated carbocycles. The van der Waals surface area contributed by atoms with Crippen molar-refractivity contribution in [3.63, 3.8) is 0 Å². The quantitative estimate of drug-likeness (QED) is 0.368. The van der Waals surface area contributed by atoms with Gasteiger partial charge in [0.1, 0.15) is 0 Å². The zero-order chi connectivity index (χ0) is 25.0. The number of hydrogen-bond acceptors (Lipinski definition) is 0. The van der Waals surface area contributed by atoms with E-state index in [1.54, 1.807) is 16.7 Å². The molecule has 4 aliphatic carbocycles. The monoisotopic (exact) mass is 541 g/mol. The van der Waals surface area contributed by atoms with Crippen LogP contribution in [0.1, 0.15) is 99.0 Å². The molecule has 0 amide bonds. The first kappa shape index (κ1) is 25.3. The first-order chi connectivity index (χ1) is 16.6. The molecule has 0 heterocycles. The molecule has 0 spiro atoms. The molecule has 183 valence electrons. The van der Waals surface area contributed by atoms with Crippen LogP contribution in [-0.2, 0) is 28.2 Å². The number of benzene rings is 1. The Hall–Kier alpha value is -1.33. The van der Waals surface area contributed by atoms with Gasteiger partial charge in [-0.25, -0.2) is 0 Å². The summed E-state index contributed by atoms with van der Waals surface area (Å²) in [5.74, 6) is 0. The van der Waals surface area contributed by atoms with Crippen molar-refractivity contribution in [2.24, 2.45) is 10.8 Å². The van der Waals surface area contributed by atoms with Gasteiger partial charge in [-0.05, 0) is 0 Å². The van der Waals surface area contributed by atoms with E-state index in [4.69, 9.17) is 0 Å². The Morgan fingerprint density at radius 3 is 2.26 bits per heavy atom. The molecule has 1 heteroatoms. The summed E-state index contributed by atoms with van der Waals surface area (Å²) in [7, 11) is 0. The molecule has 0 bridgehead atoms. The SMILES string of the molecule is CCC1(C(C)(C)C)C(C2=CC=CC2)=CC2=c3ccc(C(C)(C)C)cc3=CC2=[C]1[Zr]=[C]1CCCCC1. The molecule has 1 fully saturated rings. The Balaban J connectivity index is 1.86. The second-order valence-electron chi connectivity index (χ2n) is 13.1. The van der Waals surface area contributed by atoms with Gasteiger partial charge in [-0.3, -0.25) is 0 Å². The molecular weight excluding hydrogens is 500 g/mol. The topological polar surface area (TPSA) is 0 Å². The van der Waals surface area contributed by atoms with E-state index >= 15 is 0 Å². The first-order valence-corrected chi connectivity index (χ1v) is 16.3. The molecule has 5 rings (SSSR count).